The predicted molar refractivity (Wildman–Crippen MR) is 133 cm³/mol. The van der Waals surface area contributed by atoms with Crippen LogP contribution in [0.3, 0.4) is 0 Å². The molecule has 1 heterocycles. The minimum atomic E-state index is -4.57. The number of hydrogen-bond donors (Lipinski definition) is 3. The maximum atomic E-state index is 15.1. The Labute approximate surface area is 218 Å². The fourth-order valence-corrected chi connectivity index (χ4v) is 4.81. The highest BCUT2D eigenvalue weighted by Crippen LogP contribution is 2.30. The first kappa shape index (κ1) is 29.1. The minimum absolute atomic E-state index is 0.133. The zero-order valence-electron chi connectivity index (χ0n) is 21.6. The van der Waals surface area contributed by atoms with Gasteiger partial charge < -0.3 is 16.0 Å². The lowest BCUT2D eigenvalue weighted by Crippen LogP contribution is -2.49. The summed E-state index contributed by atoms with van der Waals surface area (Å²) in [4.78, 5) is 38.5. The number of rotatable bonds is 9. The van der Waals surface area contributed by atoms with Crippen LogP contribution in [0, 0.1) is 18.7 Å². The van der Waals surface area contributed by atoms with Crippen molar-refractivity contribution >= 4 is 23.4 Å². The fraction of sp³-hybridized carbons (Fsp3) is 0.538. The zero-order valence-corrected chi connectivity index (χ0v) is 21.6. The second-order valence-electron chi connectivity index (χ2n) is 9.61. The summed E-state index contributed by atoms with van der Waals surface area (Å²) >= 11 is 0. The number of halogens is 4. The minimum Gasteiger partial charge on any atom is -0.346 e. The molecule has 3 N–H and O–H groups in total. The number of hydrogen-bond acceptors (Lipinski definition) is 4. The fourth-order valence-electron chi connectivity index (χ4n) is 4.81. The van der Waals surface area contributed by atoms with E-state index < -0.39 is 48.2 Å². The van der Waals surface area contributed by atoms with E-state index in [-0.39, 0.29) is 17.2 Å². The van der Waals surface area contributed by atoms with E-state index in [1.54, 1.807) is 18.3 Å². The lowest BCUT2D eigenvalue weighted by Gasteiger charge is -2.30. The second kappa shape index (κ2) is 12.4. The van der Waals surface area contributed by atoms with Crippen LogP contribution in [0.25, 0.3) is 0 Å². The van der Waals surface area contributed by atoms with Crippen LogP contribution in [0.1, 0.15) is 73.5 Å². The van der Waals surface area contributed by atoms with Gasteiger partial charge in [0.1, 0.15) is 24.1 Å². The van der Waals surface area contributed by atoms with Gasteiger partial charge in [-0.2, -0.15) is 18.3 Å². The molecule has 1 aromatic heterocycles. The number of carbonyl (C=O) groups is 3. The van der Waals surface area contributed by atoms with Gasteiger partial charge in [-0.05, 0) is 68.9 Å². The number of nitrogens with zero attached hydrogens (tertiary/aromatic N) is 2. The van der Waals surface area contributed by atoms with Crippen LogP contribution in [0.5, 0.6) is 0 Å². The van der Waals surface area contributed by atoms with Gasteiger partial charge in [0, 0.05) is 12.7 Å². The van der Waals surface area contributed by atoms with Crippen LogP contribution in [-0.4, -0.2) is 46.3 Å². The van der Waals surface area contributed by atoms with Gasteiger partial charge in [-0.25, -0.2) is 4.39 Å². The number of aromatic nitrogens is 2. The molecule has 1 aliphatic carbocycles. The molecule has 3 amide bonds. The summed E-state index contributed by atoms with van der Waals surface area (Å²) in [6.45, 7) is 3.77. The zero-order chi connectivity index (χ0) is 28.0. The quantitative estimate of drug-likeness (QED) is 0.410. The average molecular weight is 540 g/mol. The largest absolute Gasteiger partial charge is 0.405 e. The molecule has 2 atom stereocenters. The summed E-state index contributed by atoms with van der Waals surface area (Å²) < 4.78 is 53.9. The van der Waals surface area contributed by atoms with Crippen molar-refractivity contribution in [2.24, 2.45) is 5.92 Å². The van der Waals surface area contributed by atoms with Gasteiger partial charge in [0.2, 0.25) is 11.8 Å². The average Bonchev–Trinajstić information content (AvgIpc) is 3.36. The molecule has 0 bridgehead atoms. The van der Waals surface area contributed by atoms with Crippen molar-refractivity contribution in [1.29, 1.82) is 0 Å². The monoisotopic (exact) mass is 539 g/mol. The molecule has 0 spiro atoms. The van der Waals surface area contributed by atoms with Gasteiger partial charge in [-0.1, -0.05) is 19.3 Å². The highest BCUT2D eigenvalue weighted by Gasteiger charge is 2.33. The lowest BCUT2D eigenvalue weighted by atomic mass is 9.83. The molecule has 38 heavy (non-hydrogen) atoms. The van der Waals surface area contributed by atoms with Crippen molar-refractivity contribution in [3.63, 3.8) is 0 Å². The molecule has 3 rings (SSSR count). The molecular weight excluding hydrogens is 506 g/mol. The number of anilines is 1. The van der Waals surface area contributed by atoms with Crippen LogP contribution in [0.2, 0.25) is 0 Å². The van der Waals surface area contributed by atoms with E-state index in [9.17, 15) is 27.6 Å². The van der Waals surface area contributed by atoms with Gasteiger partial charge >= 0.3 is 6.18 Å². The van der Waals surface area contributed by atoms with Crippen molar-refractivity contribution in [2.75, 3.05) is 11.9 Å². The SMILES string of the molecule is CCn1nccc1C(=O)NC(C(=O)Nc1cc(C)c(C(C)C(=O)NCC(F)(F)F)cc1F)C1CCCCC1. The second-order valence-corrected chi connectivity index (χ2v) is 9.61. The van der Waals surface area contributed by atoms with E-state index in [2.05, 4.69) is 15.7 Å². The Morgan fingerprint density at radius 3 is 2.45 bits per heavy atom. The summed E-state index contributed by atoms with van der Waals surface area (Å²) in [5.74, 6) is -3.95. The van der Waals surface area contributed by atoms with Crippen LogP contribution >= 0.6 is 0 Å². The van der Waals surface area contributed by atoms with Crippen molar-refractivity contribution in [3.8, 4) is 0 Å². The first-order valence-corrected chi connectivity index (χ1v) is 12.7. The van der Waals surface area contributed by atoms with Crippen LogP contribution in [-0.2, 0) is 16.1 Å². The molecule has 0 radical (unpaired) electrons. The van der Waals surface area contributed by atoms with Gasteiger partial charge in [-0.15, -0.1) is 0 Å². The lowest BCUT2D eigenvalue weighted by molar-refractivity contribution is -0.139. The standard InChI is InChI=1S/C26H33F4N5O3/c1-4-35-21(10-11-32-35)24(37)34-22(17-8-6-5-7-9-17)25(38)33-20-12-15(2)18(13-19(20)27)16(3)23(36)31-14-26(28,29)30/h10-13,16-17,22H,4-9,14H2,1-3H3,(H,31,36)(H,33,38)(H,34,37). The Morgan fingerprint density at radius 1 is 1.13 bits per heavy atom. The van der Waals surface area contributed by atoms with Crippen LogP contribution < -0.4 is 16.0 Å². The van der Waals surface area contributed by atoms with E-state index in [4.69, 9.17) is 0 Å². The third-order valence-electron chi connectivity index (χ3n) is 6.88. The maximum Gasteiger partial charge on any atom is 0.405 e. The molecule has 208 valence electrons. The smallest absolute Gasteiger partial charge is 0.346 e. The Kier molecular flexibility index (Phi) is 9.50. The van der Waals surface area contributed by atoms with Crippen molar-refractivity contribution in [1.82, 2.24) is 20.4 Å². The summed E-state index contributed by atoms with van der Waals surface area (Å²) in [5.41, 5.74) is 0.782. The number of aryl methyl sites for hydroxylation is 2. The number of benzene rings is 1. The number of amides is 3. The van der Waals surface area contributed by atoms with E-state index >= 15 is 4.39 Å². The van der Waals surface area contributed by atoms with Crippen LogP contribution in [0.15, 0.2) is 24.4 Å². The van der Waals surface area contributed by atoms with Crippen molar-refractivity contribution in [3.05, 3.63) is 47.0 Å². The molecule has 0 saturated heterocycles. The third kappa shape index (κ3) is 7.32. The van der Waals surface area contributed by atoms with Gasteiger partial charge in [-0.3, -0.25) is 19.1 Å². The van der Waals surface area contributed by atoms with Crippen molar-refractivity contribution < 1.29 is 31.9 Å². The molecule has 2 aromatic rings. The summed E-state index contributed by atoms with van der Waals surface area (Å²) in [5, 5.41) is 11.3. The van der Waals surface area contributed by atoms with E-state index in [1.165, 1.54) is 23.9 Å². The molecule has 0 aliphatic heterocycles. The molecule has 8 nitrogen and oxygen atoms in total. The van der Waals surface area contributed by atoms with Crippen LogP contribution in [0.4, 0.5) is 23.2 Å². The van der Waals surface area contributed by atoms with E-state index in [0.29, 0.717) is 17.8 Å². The van der Waals surface area contributed by atoms with Gasteiger partial charge in [0.05, 0.1) is 11.6 Å². The number of nitrogens with one attached hydrogen (secondary N) is 3. The molecule has 12 heteroatoms. The van der Waals surface area contributed by atoms with Crippen molar-refractivity contribution in [2.45, 2.75) is 77.6 Å². The summed E-state index contributed by atoms with van der Waals surface area (Å²) in [7, 11) is 0. The van der Waals surface area contributed by atoms with E-state index in [0.717, 1.165) is 38.2 Å². The van der Waals surface area contributed by atoms with Gasteiger partial charge in [0.25, 0.3) is 5.91 Å². The number of carbonyl (C=O) groups excluding carboxylic acids is 3. The molecule has 2 unspecified atom stereocenters. The first-order chi connectivity index (χ1) is 17.9. The number of alkyl halides is 3. The topological polar surface area (TPSA) is 105 Å². The molecule has 1 fully saturated rings. The van der Waals surface area contributed by atoms with Gasteiger partial charge in [0.15, 0.2) is 0 Å². The maximum absolute atomic E-state index is 15.1. The summed E-state index contributed by atoms with van der Waals surface area (Å²) in [6, 6.07) is 3.02. The summed E-state index contributed by atoms with van der Waals surface area (Å²) in [6.07, 6.45) is 1.25. The molecule has 1 aliphatic rings. The molecule has 1 saturated carbocycles. The predicted octanol–water partition coefficient (Wildman–Crippen LogP) is 4.45. The first-order valence-electron chi connectivity index (χ1n) is 12.7. The highest BCUT2D eigenvalue weighted by atomic mass is 19.4. The normalized spacial score (nSPS) is 16.0. The Bertz CT molecular complexity index is 1160. The molecule has 1 aromatic carbocycles. The third-order valence-corrected chi connectivity index (χ3v) is 6.88. The Balaban J connectivity index is 1.78. The molecular formula is C26H33F4N5O3. The Hall–Kier alpha value is -3.44. The highest BCUT2D eigenvalue weighted by molar-refractivity contribution is 6.01. The Morgan fingerprint density at radius 2 is 1.82 bits per heavy atom. The van der Waals surface area contributed by atoms with E-state index in [1.807, 2.05) is 6.92 Å².